The van der Waals surface area contributed by atoms with E-state index in [1.54, 1.807) is 0 Å². The minimum Gasteiger partial charge on any atom is -0.374 e. The summed E-state index contributed by atoms with van der Waals surface area (Å²) in [6.07, 6.45) is -3.62. The van der Waals surface area contributed by atoms with Gasteiger partial charge in [0.15, 0.2) is 0 Å². The Morgan fingerprint density at radius 2 is 1.00 bits per heavy atom. The van der Waals surface area contributed by atoms with Gasteiger partial charge in [-0.2, -0.15) is 0 Å². The van der Waals surface area contributed by atoms with E-state index < -0.39 is 48.2 Å². The van der Waals surface area contributed by atoms with E-state index in [1.807, 2.05) is 140 Å². The molecule has 5 aromatic rings. The van der Waals surface area contributed by atoms with Gasteiger partial charge in [0.25, 0.3) is 0 Å². The Bertz CT molecular complexity index is 2010. The molecule has 0 aliphatic carbocycles. The maximum Gasteiger partial charge on any atom is 0.222 e. The number of ether oxygens (including phenoxy) is 10. The molecule has 58 heavy (non-hydrogen) atoms. The lowest BCUT2D eigenvalue weighted by molar-refractivity contribution is -0.439. The van der Waals surface area contributed by atoms with E-state index in [-0.39, 0.29) is 33.0 Å². The quantitative estimate of drug-likeness (QED) is 0.128. The van der Waals surface area contributed by atoms with E-state index in [1.165, 1.54) is 0 Å². The summed E-state index contributed by atoms with van der Waals surface area (Å²) in [6, 6.07) is 48.5. The number of rotatable bonds is 12. The Morgan fingerprint density at radius 3 is 1.59 bits per heavy atom. The lowest BCUT2D eigenvalue weighted by Crippen LogP contribution is -2.70. The Labute approximate surface area is 339 Å². The van der Waals surface area contributed by atoms with Gasteiger partial charge in [0.1, 0.15) is 49.8 Å². The normalized spacial score (nSPS) is 29.6. The van der Waals surface area contributed by atoms with Crippen LogP contribution in [0.15, 0.2) is 146 Å². The summed E-state index contributed by atoms with van der Waals surface area (Å²) in [5.74, 6) is -2.71. The summed E-state index contributed by atoms with van der Waals surface area (Å²) in [4.78, 5) is 0. The molecular formula is C48H50O10. The zero-order chi connectivity index (χ0) is 39.0. The highest BCUT2D eigenvalue weighted by Crippen LogP contribution is 2.45. The van der Waals surface area contributed by atoms with E-state index in [0.29, 0.717) is 33.0 Å². The first-order valence-electron chi connectivity index (χ1n) is 20.1. The van der Waals surface area contributed by atoms with E-state index in [9.17, 15) is 0 Å². The van der Waals surface area contributed by atoms with Crippen molar-refractivity contribution in [1.29, 1.82) is 0 Å². The molecule has 2 spiro atoms. The minimum atomic E-state index is -1.36. The average molecular weight is 787 g/mol. The van der Waals surface area contributed by atoms with E-state index in [2.05, 4.69) is 6.07 Å². The van der Waals surface area contributed by atoms with Crippen molar-refractivity contribution in [1.82, 2.24) is 0 Å². The first-order chi connectivity index (χ1) is 28.6. The molecule has 3 fully saturated rings. The van der Waals surface area contributed by atoms with Crippen molar-refractivity contribution in [2.45, 2.75) is 87.8 Å². The summed E-state index contributed by atoms with van der Waals surface area (Å²) >= 11 is 0. The predicted molar refractivity (Wildman–Crippen MR) is 213 cm³/mol. The molecule has 5 aliphatic rings. The van der Waals surface area contributed by atoms with Crippen LogP contribution in [0.2, 0.25) is 0 Å². The maximum absolute atomic E-state index is 6.96. The Kier molecular flexibility index (Phi) is 12.4. The monoisotopic (exact) mass is 786 g/mol. The number of hydrogen-bond donors (Lipinski definition) is 0. The second-order valence-electron chi connectivity index (χ2n) is 15.3. The van der Waals surface area contributed by atoms with Gasteiger partial charge < -0.3 is 47.4 Å². The molecule has 8 atom stereocenters. The van der Waals surface area contributed by atoms with Crippen LogP contribution in [0.5, 0.6) is 0 Å². The first-order valence-corrected chi connectivity index (χ1v) is 20.1. The van der Waals surface area contributed by atoms with Crippen molar-refractivity contribution < 1.29 is 47.4 Å². The number of fused-ring (bicyclic) bond motifs is 5. The summed E-state index contributed by atoms with van der Waals surface area (Å²) in [5, 5.41) is 0. The van der Waals surface area contributed by atoms with Gasteiger partial charge >= 0.3 is 0 Å². The average Bonchev–Trinajstić information content (AvgIpc) is 3.56. The molecule has 2 unspecified atom stereocenters. The molecule has 0 saturated carbocycles. The van der Waals surface area contributed by atoms with Crippen LogP contribution in [-0.2, 0) is 87.0 Å². The van der Waals surface area contributed by atoms with E-state index >= 15 is 0 Å². The molecule has 10 nitrogen and oxygen atoms in total. The van der Waals surface area contributed by atoms with Gasteiger partial charge in [-0.1, -0.05) is 146 Å². The van der Waals surface area contributed by atoms with Gasteiger partial charge in [0.05, 0.1) is 52.9 Å². The molecule has 10 rings (SSSR count). The highest BCUT2D eigenvalue weighted by molar-refractivity contribution is 5.23. The van der Waals surface area contributed by atoms with Crippen LogP contribution in [0.3, 0.4) is 0 Å². The van der Waals surface area contributed by atoms with Gasteiger partial charge in [-0.05, 0) is 33.4 Å². The zero-order valence-corrected chi connectivity index (χ0v) is 32.5. The third-order valence-corrected chi connectivity index (χ3v) is 11.2. The molecule has 5 heterocycles. The summed E-state index contributed by atoms with van der Waals surface area (Å²) in [6.45, 7) is 2.40. The molecule has 5 aromatic carbocycles. The predicted octanol–water partition coefficient (Wildman–Crippen LogP) is 7.31. The molecule has 0 radical (unpaired) electrons. The molecule has 0 aromatic heterocycles. The second kappa shape index (κ2) is 18.3. The van der Waals surface area contributed by atoms with Crippen molar-refractivity contribution in [3.8, 4) is 0 Å². The fourth-order valence-corrected chi connectivity index (χ4v) is 8.15. The van der Waals surface area contributed by atoms with Gasteiger partial charge in [-0.15, -0.1) is 0 Å². The van der Waals surface area contributed by atoms with Crippen molar-refractivity contribution in [3.63, 3.8) is 0 Å². The third-order valence-electron chi connectivity index (χ3n) is 11.2. The van der Waals surface area contributed by atoms with Crippen LogP contribution in [0.25, 0.3) is 0 Å². The van der Waals surface area contributed by atoms with Crippen LogP contribution in [0, 0.1) is 0 Å². The van der Waals surface area contributed by atoms with Crippen molar-refractivity contribution in [2.24, 2.45) is 0 Å². The van der Waals surface area contributed by atoms with Crippen LogP contribution in [0.1, 0.15) is 33.4 Å². The SMILES string of the molecule is c1ccc(COC2CO[C@@]34CO[C@@]5(CO3)O[C@H](COCc3cccc(c3)CO[C@H]4C2OCc2ccccc2)[C@@H](OCc2ccccc2)[C@@H]5OCc2ccccc2)cc1. The fourth-order valence-electron chi connectivity index (χ4n) is 8.15. The van der Waals surface area contributed by atoms with Crippen LogP contribution < -0.4 is 0 Å². The lowest BCUT2D eigenvalue weighted by Gasteiger charge is -2.53. The van der Waals surface area contributed by atoms with E-state index in [4.69, 9.17) is 47.4 Å². The van der Waals surface area contributed by atoms with Gasteiger partial charge in [-0.3, -0.25) is 0 Å². The Morgan fingerprint density at radius 1 is 0.483 bits per heavy atom. The zero-order valence-electron chi connectivity index (χ0n) is 32.5. The highest BCUT2D eigenvalue weighted by Gasteiger charge is 2.65. The number of benzene rings is 5. The van der Waals surface area contributed by atoms with Crippen molar-refractivity contribution in [3.05, 3.63) is 179 Å². The summed E-state index contributed by atoms with van der Waals surface area (Å²) < 4.78 is 67.8. The minimum absolute atomic E-state index is 0.0251. The van der Waals surface area contributed by atoms with Gasteiger partial charge in [0.2, 0.25) is 11.6 Å². The molecule has 302 valence electrons. The molecule has 3 saturated heterocycles. The fraction of sp³-hybridized carbons (Fsp3) is 0.375. The molecule has 10 heteroatoms. The van der Waals surface area contributed by atoms with Gasteiger partial charge in [0, 0.05) is 0 Å². The molecular weight excluding hydrogens is 737 g/mol. The van der Waals surface area contributed by atoms with Crippen LogP contribution >= 0.6 is 0 Å². The Hall–Kier alpha value is -4.30. The molecule has 5 aliphatic heterocycles. The largest absolute Gasteiger partial charge is 0.374 e. The molecule has 0 amide bonds. The van der Waals surface area contributed by atoms with Crippen LogP contribution in [-0.4, -0.2) is 74.6 Å². The molecule has 0 N–H and O–H groups in total. The van der Waals surface area contributed by atoms with Gasteiger partial charge in [-0.25, -0.2) is 0 Å². The maximum atomic E-state index is 6.96. The number of hydrogen-bond acceptors (Lipinski definition) is 10. The second-order valence-corrected chi connectivity index (χ2v) is 15.3. The van der Waals surface area contributed by atoms with Crippen LogP contribution in [0.4, 0.5) is 0 Å². The summed E-state index contributed by atoms with van der Waals surface area (Å²) in [5.41, 5.74) is 6.10. The lowest BCUT2D eigenvalue weighted by atomic mass is 9.94. The molecule has 5 bridgehead atoms. The highest BCUT2D eigenvalue weighted by atomic mass is 16.8. The van der Waals surface area contributed by atoms with Crippen molar-refractivity contribution >= 4 is 0 Å². The topological polar surface area (TPSA) is 92.3 Å². The smallest absolute Gasteiger partial charge is 0.222 e. The third kappa shape index (κ3) is 8.97. The Balaban J connectivity index is 1.05. The first kappa shape index (κ1) is 39.2. The van der Waals surface area contributed by atoms with Crippen molar-refractivity contribution in [2.75, 3.05) is 26.4 Å². The van der Waals surface area contributed by atoms with E-state index in [0.717, 1.165) is 33.4 Å². The summed E-state index contributed by atoms with van der Waals surface area (Å²) in [7, 11) is 0. The standard InChI is InChI=1S/C48H50O10/c1-5-14-35(15-6-1)26-50-41-32-55-47-33-57-48(34-56-47)46(53-29-38-20-11-4-12-21-38)44(52-28-37-18-9-3-10-19-37)42(58-48)31-49-25-39-22-13-23-40(24-39)30-54-45(47)43(41)51-27-36-16-7-2-8-17-36/h1-24,41-46H,25-34H2/t41?,42-,43?,44-,45+,46+,47+,48+/m1/s1.